The van der Waals surface area contributed by atoms with Crippen LogP contribution in [-0.2, 0) is 4.79 Å². The van der Waals surface area contributed by atoms with Crippen molar-refractivity contribution >= 4 is 29.2 Å². The van der Waals surface area contributed by atoms with Crippen LogP contribution in [0.2, 0.25) is 0 Å². The summed E-state index contributed by atoms with van der Waals surface area (Å²) in [4.78, 5) is 9.60. The van der Waals surface area contributed by atoms with E-state index in [4.69, 9.17) is 33.4 Å². The molecule has 0 aliphatic rings. The minimum atomic E-state index is -0.711. The monoisotopic (exact) mass is 218 g/mol. The summed E-state index contributed by atoms with van der Waals surface area (Å²) in [6.07, 6.45) is 1.02. The molecular formula is C7H16Cl2O3. The highest BCUT2D eigenvalue weighted by Crippen LogP contribution is 1.82. The number of carboxylic acid groups (broad SMARTS) is 1. The number of rotatable bonds is 2. The highest BCUT2D eigenvalue weighted by atomic mass is 35.5. The second-order valence-electron chi connectivity index (χ2n) is 1.56. The molecule has 0 aromatic carbocycles. The second kappa shape index (κ2) is 22.5. The lowest BCUT2D eigenvalue weighted by molar-refractivity contribution is -0.137. The molecule has 0 aliphatic heterocycles. The molecule has 0 aromatic rings. The summed E-state index contributed by atoms with van der Waals surface area (Å²) in [6, 6.07) is 0. The van der Waals surface area contributed by atoms with E-state index >= 15 is 0 Å². The zero-order valence-electron chi connectivity index (χ0n) is 7.39. The van der Waals surface area contributed by atoms with Gasteiger partial charge in [-0.3, -0.25) is 4.79 Å². The summed E-state index contributed by atoms with van der Waals surface area (Å²) in [7, 11) is 0. The molecule has 0 unspecified atom stereocenters. The number of alkyl halides is 2. The Kier molecular flexibility index (Phi) is 33.6. The molecule has 76 valence electrons. The van der Waals surface area contributed by atoms with Crippen LogP contribution in [0.3, 0.4) is 0 Å². The number of carboxylic acids is 1. The maximum atomic E-state index is 9.60. The molecule has 0 saturated carbocycles. The van der Waals surface area contributed by atoms with Gasteiger partial charge in [-0.25, -0.2) is 0 Å². The van der Waals surface area contributed by atoms with E-state index in [-0.39, 0.29) is 11.9 Å². The molecule has 2 N–H and O–H groups in total. The van der Waals surface area contributed by atoms with Crippen molar-refractivity contribution in [2.75, 3.05) is 11.9 Å². The zero-order chi connectivity index (χ0) is 10.4. The quantitative estimate of drug-likeness (QED) is 0.700. The number of carbonyl (C=O) groups is 1. The van der Waals surface area contributed by atoms with Gasteiger partial charge < -0.3 is 10.2 Å². The van der Waals surface area contributed by atoms with Gasteiger partial charge in [-0.2, -0.15) is 0 Å². The number of aliphatic carboxylic acids is 1. The van der Waals surface area contributed by atoms with E-state index in [0.717, 1.165) is 6.42 Å². The zero-order valence-corrected chi connectivity index (χ0v) is 8.90. The number of hydrogen-bond donors (Lipinski definition) is 2. The largest absolute Gasteiger partial charge is 0.481 e. The average molecular weight is 219 g/mol. The minimum Gasteiger partial charge on any atom is -0.481 e. The third kappa shape index (κ3) is 89.7. The number of hydrogen-bond acceptors (Lipinski definition) is 2. The van der Waals surface area contributed by atoms with Crippen LogP contribution in [0.5, 0.6) is 0 Å². The maximum absolute atomic E-state index is 9.60. The molecule has 3 nitrogen and oxygen atoms in total. The van der Waals surface area contributed by atoms with Gasteiger partial charge in [0, 0.05) is 13.0 Å². The number of aliphatic hydroxyl groups excluding tert-OH is 1. The molecule has 0 atom stereocenters. The van der Waals surface area contributed by atoms with E-state index in [9.17, 15) is 4.79 Å². The third-order valence-electron chi connectivity index (χ3n) is 0.464. The van der Waals surface area contributed by atoms with Gasteiger partial charge in [-0.05, 0) is 13.3 Å². The van der Waals surface area contributed by atoms with Crippen LogP contribution in [0.25, 0.3) is 0 Å². The Balaban J connectivity index is -0.000000115. The number of aliphatic hydroxyl groups is 1. The van der Waals surface area contributed by atoms with Gasteiger partial charge in [-0.1, -0.05) is 6.92 Å². The Morgan fingerprint density at radius 1 is 1.33 bits per heavy atom. The fourth-order valence-electron chi connectivity index (χ4n) is 0.214. The Hall–Kier alpha value is 0.01000. The van der Waals surface area contributed by atoms with Crippen molar-refractivity contribution < 1.29 is 15.0 Å². The van der Waals surface area contributed by atoms with E-state index in [1.165, 1.54) is 0 Å². The topological polar surface area (TPSA) is 57.5 Å². The van der Waals surface area contributed by atoms with Crippen LogP contribution in [0.1, 0.15) is 26.7 Å². The molecule has 0 aromatic heterocycles. The highest BCUT2D eigenvalue weighted by Gasteiger charge is 1.87. The Morgan fingerprint density at radius 2 is 1.58 bits per heavy atom. The Labute approximate surface area is 83.3 Å². The van der Waals surface area contributed by atoms with Gasteiger partial charge in [0.25, 0.3) is 0 Å². The summed E-state index contributed by atoms with van der Waals surface area (Å²) in [5, 5.41) is 15.7. The molecule has 0 saturated heterocycles. The van der Waals surface area contributed by atoms with E-state index in [1.807, 2.05) is 6.92 Å². The van der Waals surface area contributed by atoms with Crippen LogP contribution >= 0.6 is 23.2 Å². The smallest absolute Gasteiger partial charge is 0.303 e. The van der Waals surface area contributed by atoms with Gasteiger partial charge in [-0.15, -0.1) is 23.2 Å². The van der Waals surface area contributed by atoms with Crippen LogP contribution in [0.15, 0.2) is 0 Å². The van der Waals surface area contributed by atoms with Gasteiger partial charge in [0.2, 0.25) is 0 Å². The van der Waals surface area contributed by atoms with Crippen LogP contribution in [-0.4, -0.2) is 28.1 Å². The summed E-state index contributed by atoms with van der Waals surface area (Å²) < 4.78 is 0. The first-order chi connectivity index (χ1) is 5.60. The molecule has 0 fully saturated rings. The average Bonchev–Trinajstić information content (AvgIpc) is 1.89. The fourth-order valence-corrected chi connectivity index (χ4v) is 0.214. The predicted molar refractivity (Wildman–Crippen MR) is 51.9 cm³/mol. The maximum Gasteiger partial charge on any atom is 0.303 e. The first-order valence-corrected chi connectivity index (χ1v) is 4.62. The van der Waals surface area contributed by atoms with Crippen molar-refractivity contribution in [3.8, 4) is 0 Å². The van der Waals surface area contributed by atoms with Crippen molar-refractivity contribution in [2.24, 2.45) is 0 Å². The molecule has 0 aliphatic carbocycles. The molecule has 0 bridgehead atoms. The van der Waals surface area contributed by atoms with Crippen LogP contribution in [0, 0.1) is 0 Å². The van der Waals surface area contributed by atoms with Crippen molar-refractivity contribution in [2.45, 2.75) is 26.7 Å². The van der Waals surface area contributed by atoms with Gasteiger partial charge >= 0.3 is 5.97 Å². The Morgan fingerprint density at radius 3 is 1.58 bits per heavy atom. The Bertz CT molecular complexity index is 77.1. The van der Waals surface area contributed by atoms with Crippen LogP contribution in [0.4, 0.5) is 0 Å². The van der Waals surface area contributed by atoms with Crippen LogP contribution < -0.4 is 0 Å². The number of halogens is 2. The fraction of sp³-hybridized carbons (Fsp3) is 0.857. The predicted octanol–water partition coefficient (Wildman–Crippen LogP) is 2.29. The summed E-state index contributed by atoms with van der Waals surface area (Å²) in [5.74, 6) is -0.711. The molecular weight excluding hydrogens is 203 g/mol. The molecule has 12 heavy (non-hydrogen) atoms. The normalized spacial score (nSPS) is 7.08. The second-order valence-corrected chi connectivity index (χ2v) is 2.37. The lowest BCUT2D eigenvalue weighted by Crippen LogP contribution is -1.90. The van der Waals surface area contributed by atoms with Crippen molar-refractivity contribution in [3.63, 3.8) is 0 Å². The SMILES string of the molecule is CCCC(=O)O.CCO.ClCCl. The molecule has 0 rings (SSSR count). The minimum absolute atomic E-state index is 0.194. The van der Waals surface area contributed by atoms with E-state index in [0.29, 0.717) is 6.42 Å². The summed E-state index contributed by atoms with van der Waals surface area (Å²) in [6.45, 7) is 3.77. The lowest BCUT2D eigenvalue weighted by atomic mass is 10.4. The van der Waals surface area contributed by atoms with E-state index < -0.39 is 5.97 Å². The molecule has 0 radical (unpaired) electrons. The molecule has 0 heterocycles. The standard InChI is InChI=1S/C4H8O2.C2H6O.CH2Cl2/c1-2-3-4(5)6;1-2-3;2-1-3/h2-3H2,1H3,(H,5,6);3H,2H2,1H3;1H2. The molecule has 0 spiro atoms. The van der Waals surface area contributed by atoms with Gasteiger partial charge in [0.05, 0.1) is 5.34 Å². The molecule has 0 amide bonds. The van der Waals surface area contributed by atoms with Crippen molar-refractivity contribution in [1.82, 2.24) is 0 Å². The first kappa shape index (κ1) is 17.9. The van der Waals surface area contributed by atoms with E-state index in [2.05, 4.69) is 0 Å². The van der Waals surface area contributed by atoms with Gasteiger partial charge in [0.15, 0.2) is 0 Å². The summed E-state index contributed by atoms with van der Waals surface area (Å²) in [5.41, 5.74) is 0. The lowest BCUT2D eigenvalue weighted by Gasteiger charge is -1.79. The first-order valence-electron chi connectivity index (χ1n) is 3.55. The summed E-state index contributed by atoms with van der Waals surface area (Å²) >= 11 is 9.53. The van der Waals surface area contributed by atoms with E-state index in [1.54, 1.807) is 6.92 Å². The van der Waals surface area contributed by atoms with Crippen molar-refractivity contribution in [1.29, 1.82) is 0 Å². The molecule has 5 heteroatoms. The van der Waals surface area contributed by atoms with Gasteiger partial charge in [0.1, 0.15) is 0 Å². The highest BCUT2D eigenvalue weighted by molar-refractivity contribution is 6.40. The third-order valence-corrected chi connectivity index (χ3v) is 0.464. The van der Waals surface area contributed by atoms with Crippen molar-refractivity contribution in [3.05, 3.63) is 0 Å².